The average Bonchev–Trinajstić information content (AvgIpc) is 3.09. The minimum Gasteiger partial charge on any atom is -0.480 e. The summed E-state index contributed by atoms with van der Waals surface area (Å²) in [6.45, 7) is 1.50. The molecule has 0 bridgehead atoms. The smallest absolute Gasteiger partial charge is 0.233 e. The fraction of sp³-hybridized carbons (Fsp3) is 0.706. The van der Waals surface area contributed by atoms with E-state index in [-0.39, 0.29) is 12.0 Å². The van der Waals surface area contributed by atoms with Crippen LogP contribution >= 0.6 is 0 Å². The maximum atomic E-state index is 12.5. The van der Waals surface area contributed by atoms with Gasteiger partial charge in [0.2, 0.25) is 17.7 Å². The Bertz CT molecular complexity index is 514. The number of piperidine rings is 1. The third-order valence-electron chi connectivity index (χ3n) is 4.78. The lowest BCUT2D eigenvalue weighted by molar-refractivity contribution is -0.134. The molecule has 0 spiro atoms. The van der Waals surface area contributed by atoms with E-state index in [1.54, 1.807) is 19.2 Å². The van der Waals surface area contributed by atoms with Gasteiger partial charge in [0, 0.05) is 25.1 Å². The first-order chi connectivity index (χ1) is 11.2. The maximum absolute atomic E-state index is 12.5. The molecule has 3 rings (SSSR count). The van der Waals surface area contributed by atoms with Gasteiger partial charge in [-0.15, -0.1) is 10.2 Å². The highest BCUT2D eigenvalue weighted by Gasteiger charge is 2.27. The van der Waals surface area contributed by atoms with Crippen molar-refractivity contribution >= 4 is 5.91 Å². The lowest BCUT2D eigenvalue weighted by Crippen LogP contribution is -2.44. The van der Waals surface area contributed by atoms with Crippen molar-refractivity contribution in [3.8, 4) is 11.8 Å². The van der Waals surface area contributed by atoms with Crippen LogP contribution in [0.3, 0.4) is 0 Å². The number of ether oxygens (including phenoxy) is 2. The van der Waals surface area contributed by atoms with Crippen molar-refractivity contribution in [2.75, 3.05) is 20.2 Å². The van der Waals surface area contributed by atoms with Crippen LogP contribution in [-0.4, -0.2) is 47.3 Å². The van der Waals surface area contributed by atoms with E-state index in [4.69, 9.17) is 9.47 Å². The van der Waals surface area contributed by atoms with Crippen LogP contribution in [0.4, 0.5) is 0 Å². The molecule has 2 heterocycles. The first-order valence-electron chi connectivity index (χ1n) is 8.57. The number of carbonyl (C=O) groups excluding carboxylic acids is 1. The minimum atomic E-state index is -0.000951. The van der Waals surface area contributed by atoms with E-state index in [1.165, 1.54) is 25.7 Å². The van der Waals surface area contributed by atoms with Gasteiger partial charge >= 0.3 is 0 Å². The Hall–Kier alpha value is -1.85. The highest BCUT2D eigenvalue weighted by Crippen LogP contribution is 2.28. The molecule has 0 N–H and O–H groups in total. The van der Waals surface area contributed by atoms with Gasteiger partial charge in [0.25, 0.3) is 0 Å². The van der Waals surface area contributed by atoms with Crippen LogP contribution in [0.1, 0.15) is 44.9 Å². The largest absolute Gasteiger partial charge is 0.480 e. The van der Waals surface area contributed by atoms with Crippen molar-refractivity contribution in [1.82, 2.24) is 15.1 Å². The Labute approximate surface area is 137 Å². The number of methoxy groups -OCH3 is 1. The van der Waals surface area contributed by atoms with Gasteiger partial charge < -0.3 is 14.4 Å². The Morgan fingerprint density at radius 1 is 1.17 bits per heavy atom. The molecule has 6 nitrogen and oxygen atoms in total. The highest BCUT2D eigenvalue weighted by atomic mass is 16.5. The van der Waals surface area contributed by atoms with Crippen LogP contribution in [0.2, 0.25) is 0 Å². The highest BCUT2D eigenvalue weighted by molar-refractivity contribution is 5.76. The fourth-order valence-corrected chi connectivity index (χ4v) is 3.50. The molecule has 1 aromatic rings. The second-order valence-corrected chi connectivity index (χ2v) is 6.49. The van der Waals surface area contributed by atoms with Crippen LogP contribution in [0.15, 0.2) is 12.1 Å². The Kier molecular flexibility index (Phi) is 5.31. The molecule has 126 valence electrons. The molecule has 6 heteroatoms. The topological polar surface area (TPSA) is 64.6 Å². The van der Waals surface area contributed by atoms with Gasteiger partial charge in [0.1, 0.15) is 6.10 Å². The number of likely N-dealkylation sites (tertiary alicyclic amines) is 1. The number of rotatable bonds is 5. The van der Waals surface area contributed by atoms with Crippen molar-refractivity contribution in [2.45, 2.75) is 51.0 Å². The van der Waals surface area contributed by atoms with Crippen LogP contribution in [0, 0.1) is 5.92 Å². The van der Waals surface area contributed by atoms with E-state index >= 15 is 0 Å². The Morgan fingerprint density at radius 3 is 2.61 bits per heavy atom. The zero-order chi connectivity index (χ0) is 16.1. The van der Waals surface area contributed by atoms with Crippen molar-refractivity contribution in [3.05, 3.63) is 12.1 Å². The number of hydrogen-bond donors (Lipinski definition) is 0. The quantitative estimate of drug-likeness (QED) is 0.834. The predicted octanol–water partition coefficient (Wildman–Crippen LogP) is 2.44. The molecular weight excluding hydrogens is 294 g/mol. The molecular formula is C17H25N3O3. The number of nitrogens with zero attached hydrogens (tertiary/aromatic N) is 3. The maximum Gasteiger partial charge on any atom is 0.233 e. The summed E-state index contributed by atoms with van der Waals surface area (Å²) in [5.41, 5.74) is 0. The Morgan fingerprint density at radius 2 is 1.91 bits per heavy atom. The van der Waals surface area contributed by atoms with Crippen molar-refractivity contribution in [3.63, 3.8) is 0 Å². The summed E-state index contributed by atoms with van der Waals surface area (Å²) in [5, 5.41) is 7.90. The summed E-state index contributed by atoms with van der Waals surface area (Å²) in [5.74, 6) is 1.83. The van der Waals surface area contributed by atoms with E-state index in [1.807, 2.05) is 4.90 Å². The summed E-state index contributed by atoms with van der Waals surface area (Å²) < 4.78 is 10.9. The fourth-order valence-electron chi connectivity index (χ4n) is 3.50. The second kappa shape index (κ2) is 7.62. The van der Waals surface area contributed by atoms with E-state index in [9.17, 15) is 4.79 Å². The van der Waals surface area contributed by atoms with Crippen LogP contribution in [0.5, 0.6) is 11.8 Å². The molecule has 1 aliphatic heterocycles. The number of aromatic nitrogens is 2. The molecule has 1 amide bonds. The average molecular weight is 319 g/mol. The van der Waals surface area contributed by atoms with E-state index < -0.39 is 0 Å². The minimum absolute atomic E-state index is 0.000951. The van der Waals surface area contributed by atoms with Gasteiger partial charge in [0.05, 0.1) is 13.7 Å². The molecule has 1 saturated heterocycles. The van der Waals surface area contributed by atoms with E-state index in [0.29, 0.717) is 30.6 Å². The SMILES string of the molecule is COc1ccc(OC2CCCN(C(=O)CC3CCCC3)C2)nn1. The zero-order valence-corrected chi connectivity index (χ0v) is 13.7. The van der Waals surface area contributed by atoms with Gasteiger partial charge in [-0.1, -0.05) is 12.8 Å². The molecule has 23 heavy (non-hydrogen) atoms. The van der Waals surface area contributed by atoms with Crippen molar-refractivity contribution in [2.24, 2.45) is 5.92 Å². The molecule has 1 unspecified atom stereocenters. The molecule has 0 radical (unpaired) electrons. The van der Waals surface area contributed by atoms with Gasteiger partial charge in [0.15, 0.2) is 0 Å². The number of carbonyl (C=O) groups is 1. The lowest BCUT2D eigenvalue weighted by atomic mass is 10.0. The number of amides is 1. The predicted molar refractivity (Wildman–Crippen MR) is 85.4 cm³/mol. The third kappa shape index (κ3) is 4.33. The van der Waals surface area contributed by atoms with Gasteiger partial charge in [-0.25, -0.2) is 0 Å². The summed E-state index contributed by atoms with van der Waals surface area (Å²) in [4.78, 5) is 14.4. The first-order valence-corrected chi connectivity index (χ1v) is 8.57. The molecule has 1 atom stereocenters. The van der Waals surface area contributed by atoms with Crippen LogP contribution in [0.25, 0.3) is 0 Å². The van der Waals surface area contributed by atoms with Crippen LogP contribution < -0.4 is 9.47 Å². The lowest BCUT2D eigenvalue weighted by Gasteiger charge is -2.33. The summed E-state index contributed by atoms with van der Waals surface area (Å²) in [7, 11) is 1.56. The van der Waals surface area contributed by atoms with E-state index in [2.05, 4.69) is 10.2 Å². The van der Waals surface area contributed by atoms with Crippen molar-refractivity contribution in [1.29, 1.82) is 0 Å². The van der Waals surface area contributed by atoms with E-state index in [0.717, 1.165) is 19.4 Å². The standard InChI is InChI=1S/C17H25N3O3/c1-22-15-8-9-16(19-18-15)23-14-7-4-10-20(12-14)17(21)11-13-5-2-3-6-13/h8-9,13-14H,2-7,10-12H2,1H3. The normalized spacial score (nSPS) is 22.1. The Balaban J connectivity index is 1.51. The monoisotopic (exact) mass is 319 g/mol. The van der Waals surface area contributed by atoms with Gasteiger partial charge in [-0.3, -0.25) is 4.79 Å². The molecule has 2 fully saturated rings. The molecule has 1 aliphatic carbocycles. The second-order valence-electron chi connectivity index (χ2n) is 6.49. The first kappa shape index (κ1) is 16.0. The van der Waals surface area contributed by atoms with Gasteiger partial charge in [-0.05, 0) is 31.6 Å². The zero-order valence-electron chi connectivity index (χ0n) is 13.7. The third-order valence-corrected chi connectivity index (χ3v) is 4.78. The van der Waals surface area contributed by atoms with Gasteiger partial charge in [-0.2, -0.15) is 0 Å². The molecule has 1 saturated carbocycles. The molecule has 2 aliphatic rings. The van der Waals surface area contributed by atoms with Crippen molar-refractivity contribution < 1.29 is 14.3 Å². The summed E-state index contributed by atoms with van der Waals surface area (Å²) >= 11 is 0. The summed E-state index contributed by atoms with van der Waals surface area (Å²) in [6, 6.07) is 3.49. The molecule has 1 aromatic heterocycles. The summed E-state index contributed by atoms with van der Waals surface area (Å²) in [6.07, 6.45) is 7.60. The van der Waals surface area contributed by atoms with Crippen LogP contribution in [-0.2, 0) is 4.79 Å². The molecule has 0 aromatic carbocycles. The number of hydrogen-bond acceptors (Lipinski definition) is 5.